The molecule has 0 unspecified atom stereocenters. The molecule has 0 aliphatic heterocycles. The lowest BCUT2D eigenvalue weighted by atomic mass is 10.2. The van der Waals surface area contributed by atoms with Gasteiger partial charge in [-0.1, -0.05) is 55.8 Å². The van der Waals surface area contributed by atoms with Gasteiger partial charge in [0.1, 0.15) is 18.1 Å². The van der Waals surface area contributed by atoms with E-state index in [1.54, 1.807) is 24.3 Å². The fraction of sp³-hybridized carbons (Fsp3) is 0.250. The Balaban J connectivity index is 1.55. The van der Waals surface area contributed by atoms with Gasteiger partial charge in [-0.2, -0.15) is 0 Å². The Morgan fingerprint density at radius 1 is 0.724 bits per heavy atom. The smallest absolute Gasteiger partial charge is 0.182 e. The second-order valence-corrected chi connectivity index (χ2v) is 8.84. The highest BCUT2D eigenvalue weighted by Crippen LogP contribution is 2.20. The summed E-state index contributed by atoms with van der Waals surface area (Å²) in [4.78, 5) is 0.318. The van der Waals surface area contributed by atoms with Gasteiger partial charge in [-0.3, -0.25) is 0 Å². The van der Waals surface area contributed by atoms with Crippen LogP contribution >= 0.6 is 0 Å². The van der Waals surface area contributed by atoms with Crippen molar-refractivity contribution in [1.29, 1.82) is 0 Å². The Morgan fingerprint density at radius 3 is 1.97 bits per heavy atom. The predicted molar refractivity (Wildman–Crippen MR) is 115 cm³/mol. The first kappa shape index (κ1) is 20.9. The van der Waals surface area contributed by atoms with E-state index in [-0.39, 0.29) is 5.75 Å². The Labute approximate surface area is 173 Å². The van der Waals surface area contributed by atoms with Crippen LogP contribution in [0.15, 0.2) is 83.8 Å². The van der Waals surface area contributed by atoms with Gasteiger partial charge in [-0.15, -0.1) is 0 Å². The lowest BCUT2D eigenvalue weighted by Gasteiger charge is -2.09. The molecular weight excluding hydrogens is 384 g/mol. The number of hydrogen-bond acceptors (Lipinski definition) is 4. The molecule has 0 aliphatic rings. The normalized spacial score (nSPS) is 11.2. The molecule has 0 spiro atoms. The molecule has 0 fully saturated rings. The van der Waals surface area contributed by atoms with Gasteiger partial charge in [0.05, 0.1) is 17.3 Å². The van der Waals surface area contributed by atoms with E-state index in [9.17, 15) is 8.42 Å². The van der Waals surface area contributed by atoms with Gasteiger partial charge >= 0.3 is 0 Å². The molecule has 3 aromatic rings. The van der Waals surface area contributed by atoms with Crippen molar-refractivity contribution in [2.45, 2.75) is 37.0 Å². The van der Waals surface area contributed by atoms with Crippen LogP contribution in [0.25, 0.3) is 0 Å². The fourth-order valence-corrected chi connectivity index (χ4v) is 4.15. The molecule has 0 aliphatic carbocycles. The van der Waals surface area contributed by atoms with Crippen LogP contribution in [0.4, 0.5) is 0 Å². The minimum Gasteiger partial charge on any atom is -0.494 e. The summed E-state index contributed by atoms with van der Waals surface area (Å²) in [5.41, 5.74) is 1.69. The molecule has 0 saturated carbocycles. The van der Waals surface area contributed by atoms with Crippen LogP contribution in [0.5, 0.6) is 11.5 Å². The topological polar surface area (TPSA) is 52.6 Å². The van der Waals surface area contributed by atoms with Crippen molar-refractivity contribution in [3.05, 3.63) is 90.0 Å². The molecule has 0 radical (unpaired) electrons. The minimum absolute atomic E-state index is 0.00361. The molecule has 5 heteroatoms. The molecule has 4 nitrogen and oxygen atoms in total. The van der Waals surface area contributed by atoms with Crippen LogP contribution in [0.3, 0.4) is 0 Å². The standard InChI is InChI=1S/C24H26O4S/c1-2-3-17-27-22-11-13-23(14-12-22)28-18-20-9-15-24(16-10-20)29(25,26)19-21-7-5-4-6-8-21/h4-16H,2-3,17-19H2,1H3. The van der Waals surface area contributed by atoms with E-state index in [1.165, 1.54) is 0 Å². The van der Waals surface area contributed by atoms with Crippen molar-refractivity contribution in [2.24, 2.45) is 0 Å². The zero-order chi connectivity index (χ0) is 20.5. The molecule has 0 saturated heterocycles. The maximum Gasteiger partial charge on any atom is 0.182 e. The Bertz CT molecular complexity index is 979. The van der Waals surface area contributed by atoms with Gasteiger partial charge in [0, 0.05) is 0 Å². The molecule has 152 valence electrons. The highest BCUT2D eigenvalue weighted by atomic mass is 32.2. The second kappa shape index (κ2) is 10.1. The lowest BCUT2D eigenvalue weighted by molar-refractivity contribution is 0.299. The molecular formula is C24H26O4S. The molecule has 0 atom stereocenters. The van der Waals surface area contributed by atoms with Gasteiger partial charge in [0.15, 0.2) is 9.84 Å². The summed E-state index contributed by atoms with van der Waals surface area (Å²) < 4.78 is 36.6. The van der Waals surface area contributed by atoms with E-state index in [0.29, 0.717) is 11.5 Å². The predicted octanol–water partition coefficient (Wildman–Crippen LogP) is 5.42. The largest absolute Gasteiger partial charge is 0.494 e. The van der Waals surface area contributed by atoms with Crippen molar-refractivity contribution in [3.63, 3.8) is 0 Å². The zero-order valence-corrected chi connectivity index (χ0v) is 17.4. The summed E-state index contributed by atoms with van der Waals surface area (Å²) in [6.45, 7) is 3.22. The Morgan fingerprint density at radius 2 is 1.34 bits per heavy atom. The third-order valence-corrected chi connectivity index (χ3v) is 6.18. The lowest BCUT2D eigenvalue weighted by Crippen LogP contribution is -2.05. The zero-order valence-electron chi connectivity index (χ0n) is 16.6. The first-order valence-corrected chi connectivity index (χ1v) is 11.4. The quantitative estimate of drug-likeness (QED) is 0.419. The number of benzene rings is 3. The molecule has 29 heavy (non-hydrogen) atoms. The molecule has 0 amide bonds. The van der Waals surface area contributed by atoms with Crippen molar-refractivity contribution in [3.8, 4) is 11.5 Å². The second-order valence-electron chi connectivity index (χ2n) is 6.85. The molecule has 0 heterocycles. The first-order chi connectivity index (χ1) is 14.1. The number of sulfone groups is 1. The fourth-order valence-electron chi connectivity index (χ4n) is 2.80. The molecule has 0 bridgehead atoms. The number of ether oxygens (including phenoxy) is 2. The van der Waals surface area contributed by atoms with Crippen LogP contribution in [-0.4, -0.2) is 15.0 Å². The van der Waals surface area contributed by atoms with E-state index >= 15 is 0 Å². The average molecular weight is 411 g/mol. The SMILES string of the molecule is CCCCOc1ccc(OCc2ccc(S(=O)(=O)Cc3ccccc3)cc2)cc1. The maximum absolute atomic E-state index is 12.6. The van der Waals surface area contributed by atoms with Crippen LogP contribution in [0.1, 0.15) is 30.9 Å². The van der Waals surface area contributed by atoms with Crippen molar-refractivity contribution < 1.29 is 17.9 Å². The monoisotopic (exact) mass is 410 g/mol. The molecule has 3 rings (SSSR count). The van der Waals surface area contributed by atoms with Crippen molar-refractivity contribution in [2.75, 3.05) is 6.61 Å². The van der Waals surface area contributed by atoms with Crippen molar-refractivity contribution >= 4 is 9.84 Å². The highest BCUT2D eigenvalue weighted by Gasteiger charge is 2.15. The van der Waals surface area contributed by atoms with Gasteiger partial charge in [-0.25, -0.2) is 8.42 Å². The highest BCUT2D eigenvalue weighted by molar-refractivity contribution is 7.90. The maximum atomic E-state index is 12.6. The van der Waals surface area contributed by atoms with Gasteiger partial charge < -0.3 is 9.47 Å². The number of rotatable bonds is 10. The molecule has 0 N–H and O–H groups in total. The summed E-state index contributed by atoms with van der Waals surface area (Å²) in [5.74, 6) is 1.57. The van der Waals surface area contributed by atoms with E-state index in [2.05, 4.69) is 6.92 Å². The summed E-state index contributed by atoms with van der Waals surface area (Å²) >= 11 is 0. The minimum atomic E-state index is -3.37. The van der Waals surface area contributed by atoms with Crippen LogP contribution in [0, 0.1) is 0 Å². The third kappa shape index (κ3) is 6.36. The summed E-state index contributed by atoms with van der Waals surface area (Å²) in [5, 5.41) is 0. The third-order valence-electron chi connectivity index (χ3n) is 4.48. The van der Waals surface area contributed by atoms with Crippen molar-refractivity contribution in [1.82, 2.24) is 0 Å². The van der Waals surface area contributed by atoms with E-state index in [4.69, 9.17) is 9.47 Å². The number of unbranched alkanes of at least 4 members (excludes halogenated alkanes) is 1. The van der Waals surface area contributed by atoms with Gasteiger partial charge in [0.2, 0.25) is 0 Å². The van der Waals surface area contributed by atoms with Gasteiger partial charge in [0.25, 0.3) is 0 Å². The van der Waals surface area contributed by atoms with E-state index in [0.717, 1.165) is 42.1 Å². The van der Waals surface area contributed by atoms with E-state index in [1.807, 2.05) is 54.6 Å². The molecule has 3 aromatic carbocycles. The summed E-state index contributed by atoms with van der Waals surface area (Å²) in [6, 6.07) is 23.6. The Kier molecular flexibility index (Phi) is 7.30. The van der Waals surface area contributed by atoms with E-state index < -0.39 is 9.84 Å². The van der Waals surface area contributed by atoms with Crippen LogP contribution in [0.2, 0.25) is 0 Å². The Hall–Kier alpha value is -2.79. The number of hydrogen-bond donors (Lipinski definition) is 0. The summed E-state index contributed by atoms with van der Waals surface area (Å²) in [6.07, 6.45) is 2.14. The molecule has 0 aromatic heterocycles. The van der Waals surface area contributed by atoms with Crippen LogP contribution in [-0.2, 0) is 22.2 Å². The van der Waals surface area contributed by atoms with Gasteiger partial charge in [-0.05, 0) is 53.9 Å². The summed E-state index contributed by atoms with van der Waals surface area (Å²) in [7, 11) is -3.37. The van der Waals surface area contributed by atoms with Crippen LogP contribution < -0.4 is 9.47 Å². The average Bonchev–Trinajstić information content (AvgIpc) is 2.74. The first-order valence-electron chi connectivity index (χ1n) is 9.78.